The van der Waals surface area contributed by atoms with Crippen LogP contribution in [0.5, 0.6) is 0 Å². The number of aromatic nitrogens is 1. The fourth-order valence-electron chi connectivity index (χ4n) is 8.11. The van der Waals surface area contributed by atoms with E-state index in [9.17, 15) is 14.4 Å². The van der Waals surface area contributed by atoms with Crippen molar-refractivity contribution in [2.75, 3.05) is 19.6 Å². The quantitative estimate of drug-likeness (QED) is 0.526. The van der Waals surface area contributed by atoms with E-state index in [0.29, 0.717) is 47.6 Å². The average Bonchev–Trinajstić information content (AvgIpc) is 3.12. The minimum Gasteiger partial charge on any atom is -0.352 e. The average molecular weight is 492 g/mol. The summed E-state index contributed by atoms with van der Waals surface area (Å²) in [7, 11) is 0. The van der Waals surface area contributed by atoms with Crippen LogP contribution < -0.4 is 10.7 Å². The number of rotatable bonds is 9. The molecule has 2 bridgehead atoms. The van der Waals surface area contributed by atoms with Crippen molar-refractivity contribution < 1.29 is 9.59 Å². The summed E-state index contributed by atoms with van der Waals surface area (Å²) in [6.07, 6.45) is 16.7. The van der Waals surface area contributed by atoms with Crippen LogP contribution in [0.3, 0.4) is 0 Å². The Balaban J connectivity index is 1.21. The molecular weight excluding hydrogens is 450 g/mol. The fourth-order valence-corrected chi connectivity index (χ4v) is 8.11. The largest absolute Gasteiger partial charge is 0.352 e. The number of amides is 2. The molecule has 2 amide bonds. The van der Waals surface area contributed by atoms with Gasteiger partial charge in [-0.1, -0.05) is 37.8 Å². The molecule has 1 spiro atoms. The van der Waals surface area contributed by atoms with Crippen molar-refractivity contribution >= 4 is 11.8 Å². The van der Waals surface area contributed by atoms with E-state index in [0.717, 1.165) is 50.3 Å². The van der Waals surface area contributed by atoms with Crippen LogP contribution in [0.2, 0.25) is 0 Å². The molecule has 0 radical (unpaired) electrons. The Kier molecular flexibility index (Phi) is 6.33. The van der Waals surface area contributed by atoms with Gasteiger partial charge in [0.1, 0.15) is 5.56 Å². The van der Waals surface area contributed by atoms with Crippen molar-refractivity contribution in [3.63, 3.8) is 0 Å². The summed E-state index contributed by atoms with van der Waals surface area (Å²) in [5.74, 6) is 2.39. The molecule has 2 heterocycles. The lowest BCUT2D eigenvalue weighted by Crippen LogP contribution is -2.37. The summed E-state index contributed by atoms with van der Waals surface area (Å²) in [5.41, 5.74) is 2.57. The number of nitrogens with zero attached hydrogens (tertiary/aromatic N) is 2. The van der Waals surface area contributed by atoms with Gasteiger partial charge in [-0.15, -0.1) is 0 Å². The molecule has 1 aromatic heterocycles. The molecule has 3 atom stereocenters. The van der Waals surface area contributed by atoms with E-state index < -0.39 is 0 Å². The molecule has 3 saturated carbocycles. The fraction of sp³-hybridized carbons (Fsp3) is 0.700. The second-order valence-electron chi connectivity index (χ2n) is 12.3. The molecule has 0 aromatic carbocycles. The van der Waals surface area contributed by atoms with Crippen LogP contribution in [0.25, 0.3) is 0 Å². The molecule has 36 heavy (non-hydrogen) atoms. The predicted molar refractivity (Wildman–Crippen MR) is 140 cm³/mol. The van der Waals surface area contributed by atoms with Gasteiger partial charge >= 0.3 is 0 Å². The summed E-state index contributed by atoms with van der Waals surface area (Å²) in [6.45, 7) is 4.98. The molecule has 1 aliphatic heterocycles. The summed E-state index contributed by atoms with van der Waals surface area (Å²) < 4.78 is 2.22. The first kappa shape index (κ1) is 24.0. The van der Waals surface area contributed by atoms with Crippen molar-refractivity contribution in [3.05, 3.63) is 45.4 Å². The maximum atomic E-state index is 13.6. The third-order valence-electron chi connectivity index (χ3n) is 10.2. The Morgan fingerprint density at radius 1 is 1.11 bits per heavy atom. The number of hydrogen-bond donors (Lipinski definition) is 1. The highest BCUT2D eigenvalue weighted by atomic mass is 16.2. The zero-order valence-corrected chi connectivity index (χ0v) is 21.8. The lowest BCUT2D eigenvalue weighted by Gasteiger charge is -2.24. The van der Waals surface area contributed by atoms with Crippen LogP contribution >= 0.6 is 0 Å². The molecule has 6 rings (SSSR count). The van der Waals surface area contributed by atoms with Gasteiger partial charge in [0.15, 0.2) is 5.43 Å². The summed E-state index contributed by atoms with van der Waals surface area (Å²) in [6, 6.07) is 1.65. The van der Waals surface area contributed by atoms with Crippen molar-refractivity contribution in [1.82, 2.24) is 14.8 Å². The highest BCUT2D eigenvalue weighted by Crippen LogP contribution is 2.69. The van der Waals surface area contributed by atoms with E-state index in [1.54, 1.807) is 6.07 Å². The Morgan fingerprint density at radius 3 is 2.61 bits per heavy atom. The third kappa shape index (κ3) is 4.24. The topological polar surface area (TPSA) is 71.4 Å². The number of hydrogen-bond acceptors (Lipinski definition) is 3. The maximum absolute atomic E-state index is 13.6. The summed E-state index contributed by atoms with van der Waals surface area (Å²) in [4.78, 5) is 40.9. The van der Waals surface area contributed by atoms with Gasteiger partial charge in [0.25, 0.3) is 5.91 Å². The molecular formula is C30H41N3O3. The standard InChI is InChI=1S/C30H41N3O3/c1-20-16-26(34)28(29(36)31-19-22-18-23-9-10-24(22)30(23)11-12-30)25(17-21-6-2-3-7-21)33(20)15-5-14-32-13-4-8-27(32)35/h9-10,16,21-24H,2-8,11-15,17-19H2,1H3,(H,31,36). The van der Waals surface area contributed by atoms with Gasteiger partial charge in [-0.05, 0) is 74.5 Å². The van der Waals surface area contributed by atoms with Gasteiger partial charge in [-0.3, -0.25) is 14.4 Å². The van der Waals surface area contributed by atoms with Crippen molar-refractivity contribution in [2.24, 2.45) is 29.1 Å². The van der Waals surface area contributed by atoms with E-state index >= 15 is 0 Å². The van der Waals surface area contributed by atoms with Gasteiger partial charge in [0.2, 0.25) is 5.91 Å². The zero-order chi connectivity index (χ0) is 24.9. The number of nitrogens with one attached hydrogen (secondary N) is 1. The van der Waals surface area contributed by atoms with Crippen molar-refractivity contribution in [1.29, 1.82) is 0 Å². The molecule has 3 unspecified atom stereocenters. The van der Waals surface area contributed by atoms with E-state index in [2.05, 4.69) is 22.0 Å². The van der Waals surface area contributed by atoms with Gasteiger partial charge in [0.05, 0.1) is 0 Å². The predicted octanol–water partition coefficient (Wildman–Crippen LogP) is 4.23. The number of carbonyl (C=O) groups is 2. The SMILES string of the molecule is Cc1cc(=O)c(C(=O)NCC2CC3C=CC2C32CC2)c(CC2CCCC2)n1CCCN1CCCC1=O. The first-order valence-corrected chi connectivity index (χ1v) is 14.4. The second-order valence-corrected chi connectivity index (χ2v) is 12.3. The van der Waals surface area contributed by atoms with E-state index in [-0.39, 0.29) is 17.2 Å². The second kappa shape index (κ2) is 9.50. The van der Waals surface area contributed by atoms with Crippen molar-refractivity contribution in [2.45, 2.75) is 84.1 Å². The molecule has 1 N–H and O–H groups in total. The molecule has 194 valence electrons. The number of pyridine rings is 1. The molecule has 6 heteroatoms. The molecule has 4 fully saturated rings. The molecule has 1 saturated heterocycles. The number of aryl methyl sites for hydroxylation is 1. The van der Waals surface area contributed by atoms with E-state index in [1.807, 2.05) is 11.8 Å². The molecule has 1 aromatic rings. The first-order chi connectivity index (χ1) is 17.5. The molecule has 5 aliphatic rings. The minimum atomic E-state index is -0.187. The van der Waals surface area contributed by atoms with Gasteiger partial charge in [-0.2, -0.15) is 0 Å². The first-order valence-electron chi connectivity index (χ1n) is 14.4. The monoisotopic (exact) mass is 491 g/mol. The highest BCUT2D eigenvalue weighted by Gasteiger charge is 2.62. The van der Waals surface area contributed by atoms with Crippen LogP contribution in [0.4, 0.5) is 0 Å². The van der Waals surface area contributed by atoms with Gasteiger partial charge in [0, 0.05) is 50.1 Å². The number of allylic oxidation sites excluding steroid dienone is 2. The van der Waals surface area contributed by atoms with Gasteiger partial charge < -0.3 is 14.8 Å². The Bertz CT molecular complexity index is 1120. The minimum absolute atomic E-state index is 0.143. The van der Waals surface area contributed by atoms with E-state index in [1.165, 1.54) is 44.9 Å². The lowest BCUT2D eigenvalue weighted by molar-refractivity contribution is -0.127. The van der Waals surface area contributed by atoms with Crippen LogP contribution in [-0.2, 0) is 17.8 Å². The van der Waals surface area contributed by atoms with Crippen LogP contribution in [-0.4, -0.2) is 40.9 Å². The number of likely N-dealkylation sites (tertiary alicyclic amines) is 1. The van der Waals surface area contributed by atoms with Crippen LogP contribution in [0, 0.1) is 36.0 Å². The van der Waals surface area contributed by atoms with Crippen molar-refractivity contribution in [3.8, 4) is 0 Å². The normalized spacial score (nSPS) is 28.1. The maximum Gasteiger partial charge on any atom is 0.257 e. The summed E-state index contributed by atoms with van der Waals surface area (Å²) >= 11 is 0. The Hall–Kier alpha value is -2.37. The number of carbonyl (C=O) groups excluding carboxylic acids is 2. The Labute approximate surface area is 214 Å². The Morgan fingerprint density at radius 2 is 1.92 bits per heavy atom. The van der Waals surface area contributed by atoms with Crippen LogP contribution in [0.15, 0.2) is 23.0 Å². The molecule has 6 nitrogen and oxygen atoms in total. The highest BCUT2D eigenvalue weighted by molar-refractivity contribution is 5.95. The summed E-state index contributed by atoms with van der Waals surface area (Å²) in [5, 5.41) is 3.21. The van der Waals surface area contributed by atoms with Crippen LogP contribution in [0.1, 0.15) is 86.0 Å². The third-order valence-corrected chi connectivity index (χ3v) is 10.2. The smallest absolute Gasteiger partial charge is 0.257 e. The van der Waals surface area contributed by atoms with Gasteiger partial charge in [-0.25, -0.2) is 0 Å². The molecule has 4 aliphatic carbocycles. The lowest BCUT2D eigenvalue weighted by atomic mass is 9.89. The zero-order valence-electron chi connectivity index (χ0n) is 21.8. The van der Waals surface area contributed by atoms with E-state index in [4.69, 9.17) is 0 Å².